The Labute approximate surface area is 97.3 Å². The summed E-state index contributed by atoms with van der Waals surface area (Å²) in [5.41, 5.74) is 9.87. The number of hydrazine groups is 1. The third-order valence-corrected chi connectivity index (χ3v) is 2.74. The summed E-state index contributed by atoms with van der Waals surface area (Å²) >= 11 is 3.38. The molecule has 1 aromatic rings. The van der Waals surface area contributed by atoms with Gasteiger partial charge in [0.15, 0.2) is 0 Å². The van der Waals surface area contributed by atoms with Gasteiger partial charge in [-0.2, -0.15) is 0 Å². The molecule has 0 spiro atoms. The summed E-state index contributed by atoms with van der Waals surface area (Å²) in [6.07, 6.45) is 1.11. The second-order valence-electron chi connectivity index (χ2n) is 3.36. The summed E-state index contributed by atoms with van der Waals surface area (Å²) in [5.74, 6) is 0.523. The quantitative estimate of drug-likeness (QED) is 0.601. The summed E-state index contributed by atoms with van der Waals surface area (Å²) in [6, 6.07) is 7.74. The smallest absolute Gasteiger partial charge is 0.211 e. The molecule has 0 amide bonds. The average Bonchev–Trinajstić information content (AvgIpc) is 2.74. The second kappa shape index (κ2) is 4.63. The molecule has 0 radical (unpaired) electrons. The third kappa shape index (κ3) is 2.70. The molecule has 0 atom stereocenters. The van der Waals surface area contributed by atoms with Crippen LogP contribution in [0, 0.1) is 0 Å². The molecular formula is C10H13BrN4. The molecule has 4 nitrogen and oxygen atoms in total. The molecule has 1 saturated heterocycles. The number of halogens is 1. The van der Waals surface area contributed by atoms with Crippen LogP contribution in [0.1, 0.15) is 6.42 Å². The molecule has 5 heteroatoms. The molecule has 0 aromatic heterocycles. The van der Waals surface area contributed by atoms with Crippen LogP contribution in [0.2, 0.25) is 0 Å². The number of nitrogens with one attached hydrogen (secondary N) is 1. The molecule has 0 bridgehead atoms. The van der Waals surface area contributed by atoms with Crippen LogP contribution in [0.3, 0.4) is 0 Å². The van der Waals surface area contributed by atoms with E-state index in [-0.39, 0.29) is 0 Å². The SMILES string of the molecule is NC(=Nc1ccc(Br)cc1)N1CCCN1. The molecule has 1 aliphatic rings. The molecule has 0 aliphatic carbocycles. The van der Waals surface area contributed by atoms with Gasteiger partial charge in [0, 0.05) is 17.6 Å². The predicted octanol–water partition coefficient (Wildman–Crippen LogP) is 1.61. The monoisotopic (exact) mass is 268 g/mol. The molecule has 1 aromatic carbocycles. The minimum atomic E-state index is 0.523. The first kappa shape index (κ1) is 10.4. The summed E-state index contributed by atoms with van der Waals surface area (Å²) < 4.78 is 1.04. The van der Waals surface area contributed by atoms with E-state index >= 15 is 0 Å². The fraction of sp³-hybridized carbons (Fsp3) is 0.300. The Bertz CT molecular complexity index is 354. The summed E-state index contributed by atoms with van der Waals surface area (Å²) in [5, 5.41) is 1.88. The minimum absolute atomic E-state index is 0.523. The number of aliphatic imine (C=N–C) groups is 1. The van der Waals surface area contributed by atoms with Gasteiger partial charge in [0.05, 0.1) is 5.69 Å². The van der Waals surface area contributed by atoms with Crippen molar-refractivity contribution in [2.24, 2.45) is 10.7 Å². The molecule has 1 heterocycles. The highest BCUT2D eigenvalue weighted by Gasteiger charge is 2.12. The maximum absolute atomic E-state index is 5.85. The van der Waals surface area contributed by atoms with Crippen LogP contribution < -0.4 is 11.2 Å². The van der Waals surface area contributed by atoms with E-state index in [1.54, 1.807) is 0 Å². The van der Waals surface area contributed by atoms with Gasteiger partial charge < -0.3 is 5.73 Å². The average molecular weight is 269 g/mol. The van der Waals surface area contributed by atoms with Crippen LogP contribution in [-0.4, -0.2) is 24.1 Å². The summed E-state index contributed by atoms with van der Waals surface area (Å²) in [7, 11) is 0. The maximum Gasteiger partial charge on any atom is 0.211 e. The van der Waals surface area contributed by atoms with Crippen LogP contribution in [0.5, 0.6) is 0 Å². The van der Waals surface area contributed by atoms with Gasteiger partial charge in [0.1, 0.15) is 0 Å². The Morgan fingerprint density at radius 2 is 2.13 bits per heavy atom. The first-order valence-electron chi connectivity index (χ1n) is 4.86. The highest BCUT2D eigenvalue weighted by molar-refractivity contribution is 9.10. The van der Waals surface area contributed by atoms with Gasteiger partial charge in [-0.15, -0.1) is 0 Å². The Hall–Kier alpha value is -1.07. The Morgan fingerprint density at radius 1 is 1.40 bits per heavy atom. The van der Waals surface area contributed by atoms with Crippen molar-refractivity contribution in [2.75, 3.05) is 13.1 Å². The zero-order valence-corrected chi connectivity index (χ0v) is 9.87. The van der Waals surface area contributed by atoms with E-state index in [0.717, 1.165) is 29.7 Å². The number of nitrogens with two attached hydrogens (primary N) is 1. The van der Waals surface area contributed by atoms with Gasteiger partial charge >= 0.3 is 0 Å². The van der Waals surface area contributed by atoms with Gasteiger partial charge in [-0.25, -0.2) is 10.4 Å². The Kier molecular flexibility index (Phi) is 3.23. The summed E-state index contributed by atoms with van der Waals surface area (Å²) in [4.78, 5) is 4.32. The number of hydrogen-bond donors (Lipinski definition) is 2. The zero-order valence-electron chi connectivity index (χ0n) is 8.28. The molecule has 3 N–H and O–H groups in total. The van der Waals surface area contributed by atoms with E-state index in [0.29, 0.717) is 5.96 Å². The van der Waals surface area contributed by atoms with E-state index in [1.807, 2.05) is 29.3 Å². The van der Waals surface area contributed by atoms with Crippen LogP contribution >= 0.6 is 15.9 Å². The highest BCUT2D eigenvalue weighted by Crippen LogP contribution is 2.16. The lowest BCUT2D eigenvalue weighted by Gasteiger charge is -2.15. The normalized spacial score (nSPS) is 17.1. The van der Waals surface area contributed by atoms with Crippen LogP contribution in [0.15, 0.2) is 33.7 Å². The van der Waals surface area contributed by atoms with Crippen molar-refractivity contribution in [2.45, 2.75) is 6.42 Å². The molecule has 15 heavy (non-hydrogen) atoms. The standard InChI is InChI=1S/C10H13BrN4/c11-8-2-4-9(5-3-8)14-10(12)15-7-1-6-13-15/h2-5,13H,1,6-7H2,(H2,12,14). The van der Waals surface area contributed by atoms with Crippen molar-refractivity contribution in [3.05, 3.63) is 28.7 Å². The van der Waals surface area contributed by atoms with Gasteiger partial charge in [0.2, 0.25) is 5.96 Å². The van der Waals surface area contributed by atoms with Gasteiger partial charge in [-0.3, -0.25) is 5.01 Å². The third-order valence-electron chi connectivity index (χ3n) is 2.21. The number of nitrogens with zero attached hydrogens (tertiary/aromatic N) is 2. The predicted molar refractivity (Wildman–Crippen MR) is 64.8 cm³/mol. The van der Waals surface area contributed by atoms with Crippen molar-refractivity contribution < 1.29 is 0 Å². The molecule has 80 valence electrons. The highest BCUT2D eigenvalue weighted by atomic mass is 79.9. The van der Waals surface area contributed by atoms with E-state index < -0.39 is 0 Å². The molecule has 1 fully saturated rings. The van der Waals surface area contributed by atoms with Crippen LogP contribution in [-0.2, 0) is 0 Å². The van der Waals surface area contributed by atoms with Crippen molar-refractivity contribution in [3.63, 3.8) is 0 Å². The topological polar surface area (TPSA) is 53.6 Å². The first-order valence-corrected chi connectivity index (χ1v) is 5.66. The zero-order chi connectivity index (χ0) is 10.7. The fourth-order valence-corrected chi connectivity index (χ4v) is 1.70. The van der Waals surface area contributed by atoms with Crippen LogP contribution in [0.25, 0.3) is 0 Å². The number of rotatable bonds is 1. The van der Waals surface area contributed by atoms with Gasteiger partial charge in [-0.05, 0) is 30.7 Å². The van der Waals surface area contributed by atoms with Crippen LogP contribution in [0.4, 0.5) is 5.69 Å². The largest absolute Gasteiger partial charge is 0.368 e. The second-order valence-corrected chi connectivity index (χ2v) is 4.28. The Morgan fingerprint density at radius 3 is 2.73 bits per heavy atom. The first-order chi connectivity index (χ1) is 7.25. The van der Waals surface area contributed by atoms with Gasteiger partial charge in [0.25, 0.3) is 0 Å². The molecule has 1 aliphatic heterocycles. The molecule has 2 rings (SSSR count). The summed E-state index contributed by atoms with van der Waals surface area (Å²) in [6.45, 7) is 1.89. The number of guanidine groups is 1. The molecular weight excluding hydrogens is 256 g/mol. The van der Waals surface area contributed by atoms with Crippen molar-refractivity contribution in [1.82, 2.24) is 10.4 Å². The lowest BCUT2D eigenvalue weighted by Crippen LogP contribution is -2.41. The molecule has 0 unspecified atom stereocenters. The van der Waals surface area contributed by atoms with E-state index in [4.69, 9.17) is 5.73 Å². The molecule has 0 saturated carbocycles. The van der Waals surface area contributed by atoms with E-state index in [1.165, 1.54) is 0 Å². The van der Waals surface area contributed by atoms with Gasteiger partial charge in [-0.1, -0.05) is 15.9 Å². The number of benzene rings is 1. The lowest BCUT2D eigenvalue weighted by molar-refractivity contribution is 0.399. The van der Waals surface area contributed by atoms with E-state index in [9.17, 15) is 0 Å². The maximum atomic E-state index is 5.85. The van der Waals surface area contributed by atoms with E-state index in [2.05, 4.69) is 26.3 Å². The Balaban J connectivity index is 2.11. The van der Waals surface area contributed by atoms with Crippen molar-refractivity contribution >= 4 is 27.6 Å². The lowest BCUT2D eigenvalue weighted by atomic mass is 10.3. The van der Waals surface area contributed by atoms with Crippen molar-refractivity contribution in [1.29, 1.82) is 0 Å². The minimum Gasteiger partial charge on any atom is -0.368 e. The van der Waals surface area contributed by atoms with Crippen molar-refractivity contribution in [3.8, 4) is 0 Å². The number of hydrogen-bond acceptors (Lipinski definition) is 2. The fourth-order valence-electron chi connectivity index (χ4n) is 1.43.